The molecule has 5 heteroatoms. The van der Waals surface area contributed by atoms with Crippen LogP contribution in [0, 0.1) is 5.82 Å². The molecule has 0 aromatic heterocycles. The van der Waals surface area contributed by atoms with Gasteiger partial charge in [0.15, 0.2) is 0 Å². The third-order valence-electron chi connectivity index (χ3n) is 2.83. The molecule has 0 aliphatic heterocycles. The highest BCUT2D eigenvalue weighted by atomic mass is 19.1. The van der Waals surface area contributed by atoms with Crippen molar-refractivity contribution in [2.24, 2.45) is 0 Å². The molecule has 4 nitrogen and oxygen atoms in total. The predicted molar refractivity (Wildman–Crippen MR) is 75.3 cm³/mol. The maximum Gasteiger partial charge on any atom is 0.336 e. The zero-order chi connectivity index (χ0) is 15.2. The zero-order valence-corrected chi connectivity index (χ0v) is 11.5. The molecular formula is C16H15FO4. The molecule has 0 atom stereocenters. The number of hydrogen-bond donors (Lipinski definition) is 1. The monoisotopic (exact) mass is 290 g/mol. The van der Waals surface area contributed by atoms with E-state index in [1.807, 2.05) is 6.92 Å². The summed E-state index contributed by atoms with van der Waals surface area (Å²) < 4.78 is 23.9. The van der Waals surface area contributed by atoms with Gasteiger partial charge in [-0.05, 0) is 43.3 Å². The van der Waals surface area contributed by atoms with E-state index in [1.54, 1.807) is 24.3 Å². The Bertz CT molecular complexity index is 623. The van der Waals surface area contributed by atoms with Crippen LogP contribution in [0.1, 0.15) is 22.8 Å². The Kier molecular flexibility index (Phi) is 4.77. The molecule has 0 unspecified atom stereocenters. The van der Waals surface area contributed by atoms with Crippen LogP contribution in [0.5, 0.6) is 11.5 Å². The highest BCUT2D eigenvalue weighted by molar-refractivity contribution is 5.89. The minimum Gasteiger partial charge on any atom is -0.494 e. The maximum absolute atomic E-state index is 13.1. The lowest BCUT2D eigenvalue weighted by atomic mass is 10.1. The average Bonchev–Trinajstić information content (AvgIpc) is 2.47. The van der Waals surface area contributed by atoms with Gasteiger partial charge in [0.25, 0.3) is 0 Å². The van der Waals surface area contributed by atoms with Gasteiger partial charge in [0.05, 0.1) is 12.2 Å². The first-order chi connectivity index (χ1) is 10.1. The van der Waals surface area contributed by atoms with Crippen LogP contribution in [0.4, 0.5) is 4.39 Å². The van der Waals surface area contributed by atoms with Crippen LogP contribution < -0.4 is 9.47 Å². The van der Waals surface area contributed by atoms with Crippen molar-refractivity contribution in [3.63, 3.8) is 0 Å². The Labute approximate surface area is 121 Å². The zero-order valence-electron chi connectivity index (χ0n) is 11.5. The van der Waals surface area contributed by atoms with E-state index >= 15 is 0 Å². The normalized spacial score (nSPS) is 10.2. The van der Waals surface area contributed by atoms with E-state index < -0.39 is 11.8 Å². The maximum atomic E-state index is 13.1. The Morgan fingerprint density at radius 2 is 1.71 bits per heavy atom. The average molecular weight is 290 g/mol. The lowest BCUT2D eigenvalue weighted by Crippen LogP contribution is -2.06. The molecular weight excluding hydrogens is 275 g/mol. The van der Waals surface area contributed by atoms with Gasteiger partial charge in [-0.2, -0.15) is 0 Å². The second-order valence-electron chi connectivity index (χ2n) is 4.30. The summed E-state index contributed by atoms with van der Waals surface area (Å²) in [7, 11) is 0. The van der Waals surface area contributed by atoms with Crippen molar-refractivity contribution in [2.45, 2.75) is 13.5 Å². The number of carbonyl (C=O) groups is 1. The van der Waals surface area contributed by atoms with E-state index in [0.29, 0.717) is 17.9 Å². The number of halogens is 1. The van der Waals surface area contributed by atoms with E-state index in [0.717, 1.165) is 11.8 Å². The highest BCUT2D eigenvalue weighted by Gasteiger charge is 2.11. The van der Waals surface area contributed by atoms with Crippen molar-refractivity contribution in [3.8, 4) is 11.5 Å². The van der Waals surface area contributed by atoms with Crippen LogP contribution in [0.2, 0.25) is 0 Å². The van der Waals surface area contributed by atoms with Crippen LogP contribution in [0.15, 0.2) is 42.5 Å². The standard InChI is InChI=1S/C16H15FO4/c1-2-20-13-5-7-14(8-6-13)21-10-11-3-4-12(17)9-15(11)16(18)19/h3-9H,2,10H2,1H3,(H,18,19). The van der Waals surface area contributed by atoms with Gasteiger partial charge in [0.1, 0.15) is 23.9 Å². The van der Waals surface area contributed by atoms with Crippen LogP contribution >= 0.6 is 0 Å². The molecule has 0 saturated heterocycles. The summed E-state index contributed by atoms with van der Waals surface area (Å²) in [6, 6.07) is 10.6. The fourth-order valence-electron chi connectivity index (χ4n) is 1.83. The SMILES string of the molecule is CCOc1ccc(OCc2ccc(F)cc2C(=O)O)cc1. The second kappa shape index (κ2) is 6.74. The molecule has 21 heavy (non-hydrogen) atoms. The summed E-state index contributed by atoms with van der Waals surface area (Å²) in [5.41, 5.74) is 0.318. The molecule has 0 radical (unpaired) electrons. The van der Waals surface area contributed by atoms with Gasteiger partial charge in [0, 0.05) is 5.56 Å². The number of aromatic carboxylic acids is 1. The van der Waals surface area contributed by atoms with Gasteiger partial charge in [0.2, 0.25) is 0 Å². The lowest BCUT2D eigenvalue weighted by molar-refractivity contribution is 0.0693. The molecule has 2 rings (SSSR count). The molecule has 110 valence electrons. The number of carboxylic acids is 1. The van der Waals surface area contributed by atoms with Crippen molar-refractivity contribution >= 4 is 5.97 Å². The van der Waals surface area contributed by atoms with Crippen LogP contribution in [0.25, 0.3) is 0 Å². The first kappa shape index (κ1) is 14.8. The van der Waals surface area contributed by atoms with E-state index in [9.17, 15) is 9.18 Å². The number of carboxylic acid groups (broad SMARTS) is 1. The molecule has 0 bridgehead atoms. The Morgan fingerprint density at radius 3 is 2.29 bits per heavy atom. The van der Waals surface area contributed by atoms with Crippen molar-refractivity contribution < 1.29 is 23.8 Å². The Hall–Kier alpha value is -2.56. The molecule has 2 aromatic carbocycles. The van der Waals surface area contributed by atoms with Gasteiger partial charge in [-0.25, -0.2) is 9.18 Å². The van der Waals surface area contributed by atoms with Gasteiger partial charge in [-0.15, -0.1) is 0 Å². The quantitative estimate of drug-likeness (QED) is 0.884. The third kappa shape index (κ3) is 3.95. The molecule has 0 amide bonds. The summed E-state index contributed by atoms with van der Waals surface area (Å²) in [6.07, 6.45) is 0. The number of hydrogen-bond acceptors (Lipinski definition) is 3. The topological polar surface area (TPSA) is 55.8 Å². The molecule has 0 fully saturated rings. The summed E-state index contributed by atoms with van der Waals surface area (Å²) in [5, 5.41) is 9.04. The molecule has 0 spiro atoms. The summed E-state index contributed by atoms with van der Waals surface area (Å²) >= 11 is 0. The molecule has 1 N–H and O–H groups in total. The smallest absolute Gasteiger partial charge is 0.336 e. The first-order valence-electron chi connectivity index (χ1n) is 6.47. The van der Waals surface area contributed by atoms with Crippen molar-refractivity contribution in [1.82, 2.24) is 0 Å². The minimum atomic E-state index is -1.18. The second-order valence-corrected chi connectivity index (χ2v) is 4.30. The third-order valence-corrected chi connectivity index (χ3v) is 2.83. The Balaban J connectivity index is 2.07. The molecule has 0 aliphatic rings. The van der Waals surface area contributed by atoms with Crippen LogP contribution in [-0.4, -0.2) is 17.7 Å². The van der Waals surface area contributed by atoms with Crippen molar-refractivity contribution in [2.75, 3.05) is 6.61 Å². The van der Waals surface area contributed by atoms with Crippen molar-refractivity contribution in [3.05, 3.63) is 59.4 Å². The van der Waals surface area contributed by atoms with E-state index in [2.05, 4.69) is 0 Å². The number of ether oxygens (including phenoxy) is 2. The lowest BCUT2D eigenvalue weighted by Gasteiger charge is -2.10. The van der Waals surface area contributed by atoms with Gasteiger partial charge in [-0.1, -0.05) is 6.07 Å². The summed E-state index contributed by atoms with van der Waals surface area (Å²) in [5.74, 6) is -0.450. The number of benzene rings is 2. The fraction of sp³-hybridized carbons (Fsp3) is 0.188. The van der Waals surface area contributed by atoms with Crippen LogP contribution in [-0.2, 0) is 6.61 Å². The fourth-order valence-corrected chi connectivity index (χ4v) is 1.83. The summed E-state index contributed by atoms with van der Waals surface area (Å²) in [4.78, 5) is 11.1. The minimum absolute atomic E-state index is 0.0515. The molecule has 0 aliphatic carbocycles. The van der Waals surface area contributed by atoms with E-state index in [-0.39, 0.29) is 12.2 Å². The predicted octanol–water partition coefficient (Wildman–Crippen LogP) is 3.50. The Morgan fingerprint density at radius 1 is 1.10 bits per heavy atom. The van der Waals surface area contributed by atoms with Crippen LogP contribution in [0.3, 0.4) is 0 Å². The van der Waals surface area contributed by atoms with Gasteiger partial charge < -0.3 is 14.6 Å². The highest BCUT2D eigenvalue weighted by Crippen LogP contribution is 2.20. The van der Waals surface area contributed by atoms with E-state index in [1.165, 1.54) is 12.1 Å². The van der Waals surface area contributed by atoms with Crippen molar-refractivity contribution in [1.29, 1.82) is 0 Å². The molecule has 0 saturated carbocycles. The largest absolute Gasteiger partial charge is 0.494 e. The number of rotatable bonds is 6. The van der Waals surface area contributed by atoms with Gasteiger partial charge in [-0.3, -0.25) is 0 Å². The molecule has 2 aromatic rings. The molecule has 0 heterocycles. The first-order valence-corrected chi connectivity index (χ1v) is 6.47. The summed E-state index contributed by atoms with van der Waals surface area (Å²) in [6.45, 7) is 2.53. The van der Waals surface area contributed by atoms with Gasteiger partial charge >= 0.3 is 5.97 Å². The van der Waals surface area contributed by atoms with E-state index in [4.69, 9.17) is 14.6 Å².